The lowest BCUT2D eigenvalue weighted by Gasteiger charge is -2.15. The van der Waals surface area contributed by atoms with Crippen LogP contribution in [0, 0.1) is 5.41 Å². The van der Waals surface area contributed by atoms with Crippen molar-refractivity contribution in [2.75, 3.05) is 12.4 Å². The quantitative estimate of drug-likeness (QED) is 0.368. The molecule has 1 aliphatic rings. The molecule has 3 heterocycles. The Hall–Kier alpha value is -2.01. The normalized spacial score (nSPS) is 30.1. The van der Waals surface area contributed by atoms with Crippen LogP contribution in [-0.2, 0) is 4.74 Å². The van der Waals surface area contributed by atoms with Gasteiger partial charge in [0.1, 0.15) is 24.6 Å². The van der Waals surface area contributed by atoms with Crippen molar-refractivity contribution in [3.8, 4) is 0 Å². The second-order valence-electron chi connectivity index (χ2n) is 4.56. The Morgan fingerprint density at radius 2 is 2.15 bits per heavy atom. The molecular weight excluding hydrogens is 268 g/mol. The number of rotatable bonds is 2. The first-order valence-corrected chi connectivity index (χ1v) is 5.91. The average Bonchev–Trinajstić information content (AvgIpc) is 2.98. The molecule has 2 aromatic heterocycles. The Morgan fingerprint density at radius 3 is 2.80 bits per heavy atom. The SMILES string of the molecule is N=c1c2cnn(C3OC(CO)C(O)C3O)c2ncn1N. The molecule has 2 aromatic rings. The van der Waals surface area contributed by atoms with Gasteiger partial charge in [-0.25, -0.2) is 14.3 Å². The molecule has 4 atom stereocenters. The van der Waals surface area contributed by atoms with Crippen molar-refractivity contribution in [2.45, 2.75) is 24.5 Å². The van der Waals surface area contributed by atoms with Crippen molar-refractivity contribution in [2.24, 2.45) is 0 Å². The van der Waals surface area contributed by atoms with E-state index in [1.807, 2.05) is 0 Å². The Kier molecular flexibility index (Phi) is 2.94. The fraction of sp³-hybridized carbons (Fsp3) is 0.500. The molecule has 0 saturated carbocycles. The van der Waals surface area contributed by atoms with Crippen molar-refractivity contribution in [1.29, 1.82) is 5.41 Å². The number of nitrogens with one attached hydrogen (secondary N) is 1. The van der Waals surface area contributed by atoms with E-state index in [1.165, 1.54) is 17.2 Å². The van der Waals surface area contributed by atoms with E-state index in [0.717, 1.165) is 4.68 Å². The standard InChI is InChI=1S/C10H14N6O4/c11-8-4-1-14-16(9(4)13-3-15(8)12)10-7(19)6(18)5(2-17)20-10/h1,3,5-7,10-11,17-19H,2,12H2. The Labute approximate surface area is 112 Å². The predicted octanol–water partition coefficient (Wildman–Crippen LogP) is -2.96. The van der Waals surface area contributed by atoms with Gasteiger partial charge in [0, 0.05) is 0 Å². The molecule has 0 amide bonds. The van der Waals surface area contributed by atoms with Gasteiger partial charge in [-0.1, -0.05) is 0 Å². The van der Waals surface area contributed by atoms with E-state index in [0.29, 0.717) is 11.0 Å². The minimum Gasteiger partial charge on any atom is -0.394 e. The minimum atomic E-state index is -1.25. The van der Waals surface area contributed by atoms with Gasteiger partial charge in [-0.05, 0) is 0 Å². The van der Waals surface area contributed by atoms with Crippen LogP contribution in [-0.4, -0.2) is 59.7 Å². The fourth-order valence-corrected chi connectivity index (χ4v) is 2.23. The largest absolute Gasteiger partial charge is 0.394 e. The second kappa shape index (κ2) is 4.52. The maximum Gasteiger partial charge on any atom is 0.181 e. The molecule has 6 N–H and O–H groups in total. The van der Waals surface area contributed by atoms with Gasteiger partial charge in [0.2, 0.25) is 0 Å². The van der Waals surface area contributed by atoms with Crippen molar-refractivity contribution in [3.05, 3.63) is 18.0 Å². The number of nitrogens with zero attached hydrogens (tertiary/aromatic N) is 4. The molecular formula is C10H14N6O4. The van der Waals surface area contributed by atoms with Crippen LogP contribution in [0.1, 0.15) is 6.23 Å². The summed E-state index contributed by atoms with van der Waals surface area (Å²) < 4.78 is 7.66. The predicted molar refractivity (Wildman–Crippen MR) is 64.5 cm³/mol. The van der Waals surface area contributed by atoms with Crippen molar-refractivity contribution in [3.63, 3.8) is 0 Å². The Balaban J connectivity index is 2.08. The molecule has 108 valence electrons. The highest BCUT2D eigenvalue weighted by atomic mass is 16.6. The molecule has 1 aliphatic heterocycles. The van der Waals surface area contributed by atoms with Gasteiger partial charge < -0.3 is 25.9 Å². The molecule has 10 heteroatoms. The molecule has 4 unspecified atom stereocenters. The van der Waals surface area contributed by atoms with E-state index in [2.05, 4.69) is 10.1 Å². The molecule has 0 radical (unpaired) electrons. The molecule has 0 spiro atoms. The summed E-state index contributed by atoms with van der Waals surface area (Å²) in [6, 6.07) is 0. The first-order valence-electron chi connectivity index (χ1n) is 5.91. The lowest BCUT2D eigenvalue weighted by molar-refractivity contribution is -0.0566. The van der Waals surface area contributed by atoms with E-state index < -0.39 is 31.1 Å². The van der Waals surface area contributed by atoms with Gasteiger partial charge in [0.15, 0.2) is 17.4 Å². The van der Waals surface area contributed by atoms with Gasteiger partial charge in [0.05, 0.1) is 18.2 Å². The van der Waals surface area contributed by atoms with E-state index in [-0.39, 0.29) is 5.49 Å². The third kappa shape index (κ3) is 1.70. The molecule has 20 heavy (non-hydrogen) atoms. The van der Waals surface area contributed by atoms with E-state index >= 15 is 0 Å². The summed E-state index contributed by atoms with van der Waals surface area (Å²) in [6.45, 7) is -0.423. The summed E-state index contributed by atoms with van der Waals surface area (Å²) in [5.41, 5.74) is 0.305. The zero-order valence-corrected chi connectivity index (χ0v) is 10.3. The maximum atomic E-state index is 9.96. The smallest absolute Gasteiger partial charge is 0.181 e. The van der Waals surface area contributed by atoms with Gasteiger partial charge >= 0.3 is 0 Å². The lowest BCUT2D eigenvalue weighted by atomic mass is 10.1. The number of hydrogen-bond donors (Lipinski definition) is 5. The van der Waals surface area contributed by atoms with Crippen molar-refractivity contribution < 1.29 is 20.1 Å². The van der Waals surface area contributed by atoms with Crippen LogP contribution < -0.4 is 11.3 Å². The molecule has 10 nitrogen and oxygen atoms in total. The number of aliphatic hydroxyl groups excluding tert-OH is 3. The zero-order valence-electron chi connectivity index (χ0n) is 10.3. The summed E-state index contributed by atoms with van der Waals surface area (Å²) in [4.78, 5) is 4.04. The average molecular weight is 282 g/mol. The number of nitrogens with two attached hydrogens (primary N) is 1. The summed E-state index contributed by atoms with van der Waals surface area (Å²) in [5, 5.41) is 41.0. The maximum absolute atomic E-state index is 9.96. The first-order chi connectivity index (χ1) is 9.54. The van der Waals surface area contributed by atoms with Gasteiger partial charge in [-0.3, -0.25) is 5.41 Å². The highest BCUT2D eigenvalue weighted by Gasteiger charge is 2.44. The number of aliphatic hydroxyl groups is 3. The van der Waals surface area contributed by atoms with Gasteiger partial charge in [0.25, 0.3) is 0 Å². The molecule has 1 fully saturated rings. The van der Waals surface area contributed by atoms with Crippen LogP contribution in [0.25, 0.3) is 11.0 Å². The highest BCUT2D eigenvalue weighted by Crippen LogP contribution is 2.30. The van der Waals surface area contributed by atoms with Crippen LogP contribution in [0.4, 0.5) is 0 Å². The number of aromatic nitrogens is 4. The molecule has 0 aromatic carbocycles. The Morgan fingerprint density at radius 1 is 1.40 bits per heavy atom. The van der Waals surface area contributed by atoms with E-state index in [1.54, 1.807) is 0 Å². The summed E-state index contributed by atoms with van der Waals surface area (Å²) in [6.07, 6.45) is -1.74. The number of hydrogen-bond acceptors (Lipinski definition) is 8. The van der Waals surface area contributed by atoms with Crippen LogP contribution in [0.15, 0.2) is 12.5 Å². The minimum absolute atomic E-state index is 0.00740. The second-order valence-corrected chi connectivity index (χ2v) is 4.56. The Bertz CT molecular complexity index is 697. The topological polar surface area (TPSA) is 155 Å². The van der Waals surface area contributed by atoms with Crippen molar-refractivity contribution in [1.82, 2.24) is 19.4 Å². The van der Waals surface area contributed by atoms with Gasteiger partial charge in [-0.15, -0.1) is 0 Å². The van der Waals surface area contributed by atoms with Crippen molar-refractivity contribution >= 4 is 11.0 Å². The van der Waals surface area contributed by atoms with E-state index in [4.69, 9.17) is 21.1 Å². The van der Waals surface area contributed by atoms with E-state index in [9.17, 15) is 10.2 Å². The fourth-order valence-electron chi connectivity index (χ4n) is 2.23. The third-order valence-electron chi connectivity index (χ3n) is 3.35. The lowest BCUT2D eigenvalue weighted by Crippen LogP contribution is -2.33. The molecule has 3 rings (SSSR count). The van der Waals surface area contributed by atoms with Crippen LogP contribution in [0.2, 0.25) is 0 Å². The molecule has 1 saturated heterocycles. The number of fused-ring (bicyclic) bond motifs is 1. The van der Waals surface area contributed by atoms with Crippen LogP contribution in [0.3, 0.4) is 0 Å². The summed E-state index contributed by atoms with van der Waals surface area (Å²) >= 11 is 0. The number of nitrogen functional groups attached to an aromatic ring is 1. The van der Waals surface area contributed by atoms with Crippen LogP contribution >= 0.6 is 0 Å². The monoisotopic (exact) mass is 282 g/mol. The molecule has 0 bridgehead atoms. The third-order valence-corrected chi connectivity index (χ3v) is 3.35. The zero-order chi connectivity index (χ0) is 14.4. The van der Waals surface area contributed by atoms with Crippen LogP contribution in [0.5, 0.6) is 0 Å². The van der Waals surface area contributed by atoms with Gasteiger partial charge in [-0.2, -0.15) is 5.10 Å². The number of ether oxygens (including phenoxy) is 1. The molecule has 0 aliphatic carbocycles. The summed E-state index contributed by atoms with van der Waals surface area (Å²) in [7, 11) is 0. The summed E-state index contributed by atoms with van der Waals surface area (Å²) in [5.74, 6) is 5.52. The first kappa shape index (κ1) is 13.0. The highest BCUT2D eigenvalue weighted by molar-refractivity contribution is 5.72.